The van der Waals surface area contributed by atoms with E-state index in [1.54, 1.807) is 0 Å². The minimum absolute atomic E-state index is 0.676. The van der Waals surface area contributed by atoms with Crippen molar-refractivity contribution in [1.29, 1.82) is 0 Å². The summed E-state index contributed by atoms with van der Waals surface area (Å²) in [5, 5.41) is 7.26. The number of benzene rings is 4. The van der Waals surface area contributed by atoms with Gasteiger partial charge in [0.05, 0.1) is 19.8 Å². The topological polar surface area (TPSA) is 27.7 Å². The van der Waals surface area contributed by atoms with Crippen molar-refractivity contribution >= 4 is 32.3 Å². The van der Waals surface area contributed by atoms with Crippen LogP contribution in [0.4, 0.5) is 0 Å². The van der Waals surface area contributed by atoms with Gasteiger partial charge in [-0.25, -0.2) is 0 Å². The molecule has 0 aromatic heterocycles. The van der Waals surface area contributed by atoms with Crippen LogP contribution in [-0.4, -0.2) is 19.8 Å². The Morgan fingerprint density at radius 2 is 0.872 bits per heavy atom. The quantitative estimate of drug-likeness (QED) is 0.0949. The predicted molar refractivity (Wildman–Crippen MR) is 168 cm³/mol. The number of hydrogen-bond acceptors (Lipinski definition) is 3. The summed E-state index contributed by atoms with van der Waals surface area (Å²) >= 11 is 0. The third-order valence-electron chi connectivity index (χ3n) is 7.65. The molecular formula is C36H48O3. The van der Waals surface area contributed by atoms with Gasteiger partial charge in [0.15, 0.2) is 11.5 Å². The lowest BCUT2D eigenvalue weighted by molar-refractivity contribution is 0.236. The Hall–Kier alpha value is -2.94. The number of rotatable bonds is 18. The molecular weight excluding hydrogens is 480 g/mol. The van der Waals surface area contributed by atoms with Crippen LogP contribution in [0.2, 0.25) is 0 Å². The Kier molecular flexibility index (Phi) is 11.6. The van der Waals surface area contributed by atoms with Crippen LogP contribution in [0.1, 0.15) is 97.8 Å². The Balaban J connectivity index is 1.85. The number of unbranched alkanes of at least 4 members (excludes halogenated alkanes) is 9. The molecule has 3 nitrogen and oxygen atoms in total. The zero-order valence-electron chi connectivity index (χ0n) is 24.5. The van der Waals surface area contributed by atoms with Gasteiger partial charge in [0.2, 0.25) is 5.75 Å². The molecule has 0 heterocycles. The summed E-state index contributed by atoms with van der Waals surface area (Å²) < 4.78 is 19.8. The summed E-state index contributed by atoms with van der Waals surface area (Å²) in [5.74, 6) is 2.45. The first-order chi connectivity index (χ1) is 19.3. The van der Waals surface area contributed by atoms with Crippen LogP contribution < -0.4 is 14.2 Å². The molecule has 0 aliphatic carbocycles. The molecule has 4 rings (SSSR count). The first-order valence-electron chi connectivity index (χ1n) is 15.6. The summed E-state index contributed by atoms with van der Waals surface area (Å²) in [6.07, 6.45) is 14.0. The number of hydrogen-bond donors (Lipinski definition) is 0. The maximum absolute atomic E-state index is 6.71. The predicted octanol–water partition coefficient (Wildman–Crippen LogP) is 11.0. The van der Waals surface area contributed by atoms with Crippen LogP contribution >= 0.6 is 0 Å². The van der Waals surface area contributed by atoms with E-state index >= 15 is 0 Å². The molecule has 0 aliphatic rings. The van der Waals surface area contributed by atoms with Gasteiger partial charge in [0.1, 0.15) is 0 Å². The third kappa shape index (κ3) is 7.38. The molecule has 0 bridgehead atoms. The highest BCUT2D eigenvalue weighted by Crippen LogP contribution is 2.49. The average Bonchev–Trinajstić information content (AvgIpc) is 2.97. The molecule has 0 fully saturated rings. The minimum Gasteiger partial charge on any atom is -0.490 e. The third-order valence-corrected chi connectivity index (χ3v) is 7.65. The summed E-state index contributed by atoms with van der Waals surface area (Å²) in [4.78, 5) is 0. The Morgan fingerprint density at radius 3 is 1.41 bits per heavy atom. The van der Waals surface area contributed by atoms with E-state index in [9.17, 15) is 0 Å². The maximum Gasteiger partial charge on any atom is 0.204 e. The smallest absolute Gasteiger partial charge is 0.204 e. The molecule has 4 aromatic rings. The van der Waals surface area contributed by atoms with E-state index in [4.69, 9.17) is 14.2 Å². The first kappa shape index (κ1) is 29.1. The molecule has 3 heteroatoms. The van der Waals surface area contributed by atoms with E-state index < -0.39 is 0 Å². The molecule has 0 N–H and O–H groups in total. The van der Waals surface area contributed by atoms with Crippen LogP contribution in [0.3, 0.4) is 0 Å². The van der Waals surface area contributed by atoms with E-state index in [1.165, 1.54) is 84.7 Å². The van der Waals surface area contributed by atoms with Crippen molar-refractivity contribution in [2.75, 3.05) is 19.8 Å². The van der Waals surface area contributed by atoms with Gasteiger partial charge in [-0.05, 0) is 52.3 Å². The van der Waals surface area contributed by atoms with Crippen LogP contribution in [0.15, 0.2) is 54.6 Å². The van der Waals surface area contributed by atoms with Crippen molar-refractivity contribution < 1.29 is 14.2 Å². The zero-order valence-corrected chi connectivity index (χ0v) is 24.5. The normalized spacial score (nSPS) is 11.5. The van der Waals surface area contributed by atoms with E-state index in [-0.39, 0.29) is 0 Å². The largest absolute Gasteiger partial charge is 0.490 e. The van der Waals surface area contributed by atoms with Gasteiger partial charge >= 0.3 is 0 Å². The van der Waals surface area contributed by atoms with Crippen LogP contribution in [0.5, 0.6) is 17.2 Å². The van der Waals surface area contributed by atoms with E-state index in [0.717, 1.165) is 41.9 Å². The standard InChI is InChI=1S/C36H48O3/c1-4-7-10-17-24-37-33-27-32-30-22-14-13-20-28(30)29-21-15-16-23-31(29)34(32)36(39-26-19-12-9-6-3)35(33)38-25-18-11-8-5-2/h13-16,20-23,27H,4-12,17-19,24-26H2,1-3H3. The summed E-state index contributed by atoms with van der Waals surface area (Å²) in [6.45, 7) is 8.79. The molecule has 39 heavy (non-hydrogen) atoms. The lowest BCUT2D eigenvalue weighted by Gasteiger charge is -2.21. The number of fused-ring (bicyclic) bond motifs is 6. The highest BCUT2D eigenvalue weighted by molar-refractivity contribution is 6.27. The van der Waals surface area contributed by atoms with Crippen LogP contribution in [0.25, 0.3) is 32.3 Å². The van der Waals surface area contributed by atoms with Gasteiger partial charge in [-0.2, -0.15) is 0 Å². The SMILES string of the molecule is CCCCCCOc1cc2c3ccccc3c3ccccc3c2c(OCCCCCC)c1OCCCCCC. The fourth-order valence-electron chi connectivity index (χ4n) is 5.48. The fourth-order valence-corrected chi connectivity index (χ4v) is 5.48. The van der Waals surface area contributed by atoms with Crippen molar-refractivity contribution in [2.45, 2.75) is 97.8 Å². The van der Waals surface area contributed by atoms with Crippen molar-refractivity contribution in [3.05, 3.63) is 54.6 Å². The molecule has 0 spiro atoms. The molecule has 0 atom stereocenters. The van der Waals surface area contributed by atoms with Crippen LogP contribution in [-0.2, 0) is 0 Å². The Morgan fingerprint density at radius 1 is 0.436 bits per heavy atom. The van der Waals surface area contributed by atoms with Crippen molar-refractivity contribution in [3.8, 4) is 17.2 Å². The minimum atomic E-state index is 0.676. The van der Waals surface area contributed by atoms with Gasteiger partial charge in [-0.15, -0.1) is 0 Å². The lowest BCUT2D eigenvalue weighted by atomic mass is 9.93. The van der Waals surface area contributed by atoms with Gasteiger partial charge < -0.3 is 14.2 Å². The summed E-state index contributed by atoms with van der Waals surface area (Å²) in [7, 11) is 0. The molecule has 210 valence electrons. The molecule has 0 aliphatic heterocycles. The van der Waals surface area contributed by atoms with Crippen LogP contribution in [0, 0.1) is 0 Å². The number of ether oxygens (including phenoxy) is 3. The fraction of sp³-hybridized carbons (Fsp3) is 0.500. The molecule has 0 amide bonds. The molecule has 0 saturated carbocycles. The van der Waals surface area contributed by atoms with Gasteiger partial charge in [0.25, 0.3) is 0 Å². The average molecular weight is 529 g/mol. The van der Waals surface area contributed by atoms with Crippen molar-refractivity contribution in [3.63, 3.8) is 0 Å². The van der Waals surface area contributed by atoms with Gasteiger partial charge in [-0.1, -0.05) is 127 Å². The maximum atomic E-state index is 6.71. The molecule has 0 saturated heterocycles. The Bertz CT molecular complexity index is 1310. The van der Waals surface area contributed by atoms with Gasteiger partial charge in [-0.3, -0.25) is 0 Å². The van der Waals surface area contributed by atoms with Gasteiger partial charge in [0, 0.05) is 5.39 Å². The monoisotopic (exact) mass is 528 g/mol. The second kappa shape index (κ2) is 15.6. The van der Waals surface area contributed by atoms with Crippen molar-refractivity contribution in [1.82, 2.24) is 0 Å². The van der Waals surface area contributed by atoms with E-state index in [2.05, 4.69) is 75.4 Å². The highest BCUT2D eigenvalue weighted by Gasteiger charge is 2.22. The zero-order chi connectivity index (χ0) is 27.3. The second-order valence-corrected chi connectivity index (χ2v) is 10.8. The molecule has 0 radical (unpaired) electrons. The lowest BCUT2D eigenvalue weighted by Crippen LogP contribution is -2.07. The Labute approximate surface area is 235 Å². The molecule has 4 aromatic carbocycles. The summed E-state index contributed by atoms with van der Waals surface area (Å²) in [6, 6.07) is 19.6. The highest BCUT2D eigenvalue weighted by atomic mass is 16.5. The van der Waals surface area contributed by atoms with Crippen molar-refractivity contribution in [2.24, 2.45) is 0 Å². The molecule has 0 unspecified atom stereocenters. The van der Waals surface area contributed by atoms with E-state index in [1.807, 2.05) is 0 Å². The first-order valence-corrected chi connectivity index (χ1v) is 15.6. The van der Waals surface area contributed by atoms with E-state index in [0.29, 0.717) is 19.8 Å². The second-order valence-electron chi connectivity index (χ2n) is 10.8. The summed E-state index contributed by atoms with van der Waals surface area (Å²) in [5.41, 5.74) is 0.